The van der Waals surface area contributed by atoms with Gasteiger partial charge in [0.05, 0.1) is 5.69 Å². The number of furan rings is 2. The Labute approximate surface area is 247 Å². The van der Waals surface area contributed by atoms with E-state index in [2.05, 4.69) is 132 Å². The summed E-state index contributed by atoms with van der Waals surface area (Å²) in [7, 11) is 0. The molecule has 0 atom stereocenters. The highest BCUT2D eigenvalue weighted by Crippen LogP contribution is 2.47. The second-order valence-electron chi connectivity index (χ2n) is 11.0. The van der Waals surface area contributed by atoms with Gasteiger partial charge < -0.3 is 13.7 Å². The molecule has 202 valence electrons. The monoisotopic (exact) mass is 551 g/mol. The number of hydrogen-bond donors (Lipinski definition) is 0. The van der Waals surface area contributed by atoms with Gasteiger partial charge >= 0.3 is 0 Å². The zero-order valence-electron chi connectivity index (χ0n) is 23.2. The summed E-state index contributed by atoms with van der Waals surface area (Å²) in [4.78, 5) is 2.29. The molecule has 43 heavy (non-hydrogen) atoms. The van der Waals surface area contributed by atoms with Crippen molar-refractivity contribution >= 4 is 71.7 Å². The predicted octanol–water partition coefficient (Wildman–Crippen LogP) is 11.8. The summed E-state index contributed by atoms with van der Waals surface area (Å²) in [5.41, 5.74) is 8.79. The molecule has 0 aliphatic carbocycles. The van der Waals surface area contributed by atoms with Crippen LogP contribution in [-0.2, 0) is 0 Å². The summed E-state index contributed by atoms with van der Waals surface area (Å²) < 4.78 is 13.1. The van der Waals surface area contributed by atoms with Crippen molar-refractivity contribution < 1.29 is 8.83 Å². The third-order valence-electron chi connectivity index (χ3n) is 8.41. The van der Waals surface area contributed by atoms with E-state index in [4.69, 9.17) is 8.83 Å². The molecule has 0 spiro atoms. The molecule has 2 heterocycles. The Morgan fingerprint density at radius 2 is 1.02 bits per heavy atom. The molecule has 0 bridgehead atoms. The largest absolute Gasteiger partial charge is 0.456 e. The minimum Gasteiger partial charge on any atom is -0.456 e. The van der Waals surface area contributed by atoms with Gasteiger partial charge in [-0.2, -0.15) is 0 Å². The molecule has 0 amide bonds. The van der Waals surface area contributed by atoms with Gasteiger partial charge in [-0.15, -0.1) is 0 Å². The minimum absolute atomic E-state index is 0.838. The van der Waals surface area contributed by atoms with E-state index in [1.807, 2.05) is 24.3 Å². The van der Waals surface area contributed by atoms with Gasteiger partial charge in [0.2, 0.25) is 0 Å². The Hall–Kier alpha value is -5.80. The van der Waals surface area contributed by atoms with Crippen LogP contribution in [0, 0.1) is 0 Å². The zero-order valence-corrected chi connectivity index (χ0v) is 23.2. The fourth-order valence-electron chi connectivity index (χ4n) is 6.45. The van der Waals surface area contributed by atoms with E-state index in [1.54, 1.807) is 0 Å². The van der Waals surface area contributed by atoms with Crippen LogP contribution in [0.5, 0.6) is 0 Å². The van der Waals surface area contributed by atoms with Crippen LogP contribution < -0.4 is 4.90 Å². The first-order valence-electron chi connectivity index (χ1n) is 14.5. The predicted molar refractivity (Wildman–Crippen MR) is 179 cm³/mol. The van der Waals surface area contributed by atoms with Crippen LogP contribution in [-0.4, -0.2) is 0 Å². The van der Waals surface area contributed by atoms with Gasteiger partial charge in [-0.05, 0) is 82.6 Å². The molecule has 0 unspecified atom stereocenters. The molecule has 0 N–H and O–H groups in total. The van der Waals surface area contributed by atoms with Gasteiger partial charge in [0.15, 0.2) is 5.58 Å². The molecule has 0 saturated carbocycles. The topological polar surface area (TPSA) is 29.5 Å². The van der Waals surface area contributed by atoms with Crippen LogP contribution in [0.25, 0.3) is 65.8 Å². The SMILES string of the molecule is c1ccc(N(c2ccccc2)c2cc(-c3ccc4ccccc4c3)cc3c2oc2ccc4oc5ccccc5c4c23)cc1. The highest BCUT2D eigenvalue weighted by atomic mass is 16.3. The van der Waals surface area contributed by atoms with Crippen molar-refractivity contribution in [3.8, 4) is 11.1 Å². The average molecular weight is 552 g/mol. The average Bonchev–Trinajstić information content (AvgIpc) is 3.64. The fourth-order valence-corrected chi connectivity index (χ4v) is 6.45. The van der Waals surface area contributed by atoms with Gasteiger partial charge in [0, 0.05) is 32.9 Å². The molecule has 0 aliphatic rings. The second-order valence-corrected chi connectivity index (χ2v) is 11.0. The van der Waals surface area contributed by atoms with E-state index in [0.717, 1.165) is 72.1 Å². The number of anilines is 3. The number of hydrogen-bond acceptors (Lipinski definition) is 3. The van der Waals surface area contributed by atoms with Crippen LogP contribution in [0.15, 0.2) is 160 Å². The maximum absolute atomic E-state index is 6.81. The third kappa shape index (κ3) is 3.75. The molecule has 3 heteroatoms. The maximum atomic E-state index is 6.81. The summed E-state index contributed by atoms with van der Waals surface area (Å²) in [6, 6.07) is 53.1. The third-order valence-corrected chi connectivity index (χ3v) is 8.41. The van der Waals surface area contributed by atoms with E-state index in [9.17, 15) is 0 Å². The molecule has 9 aromatic rings. The van der Waals surface area contributed by atoms with Crippen LogP contribution in [0.2, 0.25) is 0 Å². The number of rotatable bonds is 4. The molecule has 0 aliphatic heterocycles. The minimum atomic E-state index is 0.838. The molecule has 7 aromatic carbocycles. The highest BCUT2D eigenvalue weighted by Gasteiger charge is 2.23. The summed E-state index contributed by atoms with van der Waals surface area (Å²) in [5, 5.41) is 6.74. The Morgan fingerprint density at radius 3 is 1.79 bits per heavy atom. The van der Waals surface area contributed by atoms with Crippen molar-refractivity contribution in [1.82, 2.24) is 0 Å². The fraction of sp³-hybridized carbons (Fsp3) is 0. The number of fused-ring (bicyclic) bond motifs is 8. The Balaban J connectivity index is 1.43. The molecule has 0 radical (unpaired) electrons. The van der Waals surface area contributed by atoms with Crippen molar-refractivity contribution in [2.75, 3.05) is 4.90 Å². The van der Waals surface area contributed by atoms with Gasteiger partial charge in [-0.25, -0.2) is 0 Å². The van der Waals surface area contributed by atoms with Crippen molar-refractivity contribution in [3.63, 3.8) is 0 Å². The van der Waals surface area contributed by atoms with Gasteiger partial charge in [-0.1, -0.05) is 91.0 Å². The summed E-state index contributed by atoms with van der Waals surface area (Å²) in [6.45, 7) is 0. The van der Waals surface area contributed by atoms with Crippen LogP contribution in [0.3, 0.4) is 0 Å². The quantitative estimate of drug-likeness (QED) is 0.218. The second kappa shape index (κ2) is 9.37. The highest BCUT2D eigenvalue weighted by molar-refractivity contribution is 6.27. The van der Waals surface area contributed by atoms with E-state index >= 15 is 0 Å². The lowest BCUT2D eigenvalue weighted by molar-refractivity contribution is 0.663. The summed E-state index contributed by atoms with van der Waals surface area (Å²) >= 11 is 0. The van der Waals surface area contributed by atoms with Gasteiger partial charge in [-0.3, -0.25) is 0 Å². The Kier molecular flexibility index (Phi) is 5.20. The molecule has 2 aromatic heterocycles. The number of benzene rings is 7. The first kappa shape index (κ1) is 23.9. The van der Waals surface area contributed by atoms with E-state index in [1.165, 1.54) is 10.8 Å². The first-order chi connectivity index (χ1) is 21.3. The lowest BCUT2D eigenvalue weighted by Crippen LogP contribution is -2.10. The summed E-state index contributed by atoms with van der Waals surface area (Å²) in [5.74, 6) is 0. The van der Waals surface area contributed by atoms with Crippen LogP contribution in [0.4, 0.5) is 17.1 Å². The smallest absolute Gasteiger partial charge is 0.159 e. The van der Waals surface area contributed by atoms with Crippen molar-refractivity contribution in [2.24, 2.45) is 0 Å². The normalized spacial score (nSPS) is 11.7. The lowest BCUT2D eigenvalue weighted by Gasteiger charge is -2.26. The van der Waals surface area contributed by atoms with Gasteiger partial charge in [0.25, 0.3) is 0 Å². The maximum Gasteiger partial charge on any atom is 0.159 e. The van der Waals surface area contributed by atoms with Crippen LogP contribution in [0.1, 0.15) is 0 Å². The van der Waals surface area contributed by atoms with E-state index in [-0.39, 0.29) is 0 Å². The van der Waals surface area contributed by atoms with Crippen LogP contribution >= 0.6 is 0 Å². The molecule has 3 nitrogen and oxygen atoms in total. The number of nitrogens with zero attached hydrogens (tertiary/aromatic N) is 1. The zero-order chi connectivity index (χ0) is 28.3. The van der Waals surface area contributed by atoms with Crippen molar-refractivity contribution in [1.29, 1.82) is 0 Å². The number of para-hydroxylation sites is 3. The van der Waals surface area contributed by atoms with Gasteiger partial charge in [0.1, 0.15) is 16.7 Å². The van der Waals surface area contributed by atoms with Crippen molar-refractivity contribution in [2.45, 2.75) is 0 Å². The Morgan fingerprint density at radius 1 is 0.395 bits per heavy atom. The molecule has 0 saturated heterocycles. The summed E-state index contributed by atoms with van der Waals surface area (Å²) in [6.07, 6.45) is 0. The molecular weight excluding hydrogens is 526 g/mol. The molecule has 0 fully saturated rings. The Bertz CT molecular complexity index is 2410. The van der Waals surface area contributed by atoms with E-state index < -0.39 is 0 Å². The first-order valence-corrected chi connectivity index (χ1v) is 14.5. The standard InChI is InChI=1S/C40H25NO2/c1-3-13-30(14-4-1)41(31-15-5-2-6-16-31)34-25-29(28-20-19-26-11-7-8-12-27(26)23-28)24-33-39-37(43-40(33)34)22-21-36-38(39)32-17-9-10-18-35(32)42-36/h1-25H. The molecule has 9 rings (SSSR count). The van der Waals surface area contributed by atoms with E-state index in [0.29, 0.717) is 0 Å². The lowest BCUT2D eigenvalue weighted by atomic mass is 9.97. The molecular formula is C40H25NO2. The van der Waals surface area contributed by atoms with Crippen molar-refractivity contribution in [3.05, 3.63) is 152 Å².